The molecule has 1 unspecified atom stereocenters. The minimum Gasteiger partial charge on any atom is -0.342 e. The van der Waals surface area contributed by atoms with E-state index < -0.39 is 0 Å². The first-order valence-corrected chi connectivity index (χ1v) is 7.57. The van der Waals surface area contributed by atoms with Gasteiger partial charge in [-0.2, -0.15) is 0 Å². The number of alkyl halides is 1. The van der Waals surface area contributed by atoms with Crippen LogP contribution in [0.15, 0.2) is 17.5 Å². The predicted molar refractivity (Wildman–Crippen MR) is 72.7 cm³/mol. The summed E-state index contributed by atoms with van der Waals surface area (Å²) in [5, 5.41) is 2.02. The van der Waals surface area contributed by atoms with Crippen LogP contribution in [0.3, 0.4) is 0 Å². The largest absolute Gasteiger partial charge is 0.342 e. The number of nitrogens with zero attached hydrogens (tertiary/aromatic N) is 1. The van der Waals surface area contributed by atoms with Crippen LogP contribution < -0.4 is 0 Å². The van der Waals surface area contributed by atoms with Crippen LogP contribution in [0.25, 0.3) is 0 Å². The van der Waals surface area contributed by atoms with E-state index in [9.17, 15) is 4.79 Å². The van der Waals surface area contributed by atoms with Gasteiger partial charge in [-0.15, -0.1) is 22.9 Å². The first-order valence-electron chi connectivity index (χ1n) is 6.15. The van der Waals surface area contributed by atoms with Crippen LogP contribution in [-0.4, -0.2) is 29.8 Å². The number of rotatable bonds is 4. The van der Waals surface area contributed by atoms with Crippen molar-refractivity contribution in [3.05, 3.63) is 22.4 Å². The van der Waals surface area contributed by atoms with Gasteiger partial charge in [0.2, 0.25) is 5.91 Å². The normalized spacial score (nSPS) is 20.5. The molecule has 1 aromatic rings. The maximum atomic E-state index is 12.1. The third-order valence-corrected chi connectivity index (χ3v) is 4.39. The second kappa shape index (κ2) is 6.41. The van der Waals surface area contributed by atoms with Crippen LogP contribution in [-0.2, 0) is 11.2 Å². The lowest BCUT2D eigenvalue weighted by Gasteiger charge is -2.32. The molecule has 1 saturated heterocycles. The molecule has 1 fully saturated rings. The van der Waals surface area contributed by atoms with E-state index in [1.807, 2.05) is 22.4 Å². The molecule has 0 aliphatic carbocycles. The molecule has 94 valence electrons. The molecule has 0 saturated carbocycles. The first kappa shape index (κ1) is 12.9. The van der Waals surface area contributed by atoms with Gasteiger partial charge in [-0.3, -0.25) is 4.79 Å². The topological polar surface area (TPSA) is 20.3 Å². The van der Waals surface area contributed by atoms with Crippen molar-refractivity contribution in [2.45, 2.75) is 25.7 Å². The highest BCUT2D eigenvalue weighted by Crippen LogP contribution is 2.21. The molecular formula is C13H18ClNOS. The van der Waals surface area contributed by atoms with Crippen molar-refractivity contribution in [2.75, 3.05) is 19.0 Å². The molecule has 1 atom stereocenters. The van der Waals surface area contributed by atoms with Gasteiger partial charge in [-0.25, -0.2) is 0 Å². The summed E-state index contributed by atoms with van der Waals surface area (Å²) in [5.41, 5.74) is 0. The van der Waals surface area contributed by atoms with E-state index in [2.05, 4.69) is 0 Å². The zero-order valence-electron chi connectivity index (χ0n) is 9.90. The van der Waals surface area contributed by atoms with Crippen LogP contribution in [0, 0.1) is 5.92 Å². The number of halogens is 1. The van der Waals surface area contributed by atoms with Gasteiger partial charge < -0.3 is 4.90 Å². The molecule has 0 radical (unpaired) electrons. The fourth-order valence-corrected chi connectivity index (χ4v) is 3.36. The number of carbonyl (C=O) groups excluding carboxylic acids is 1. The van der Waals surface area contributed by atoms with Crippen molar-refractivity contribution >= 4 is 28.8 Å². The Balaban J connectivity index is 1.86. The Morgan fingerprint density at radius 1 is 1.59 bits per heavy atom. The molecule has 1 amide bonds. The highest BCUT2D eigenvalue weighted by atomic mass is 35.5. The van der Waals surface area contributed by atoms with E-state index >= 15 is 0 Å². The maximum absolute atomic E-state index is 12.1. The van der Waals surface area contributed by atoms with Gasteiger partial charge in [-0.05, 0) is 36.6 Å². The Kier molecular flexibility index (Phi) is 4.86. The van der Waals surface area contributed by atoms with Crippen molar-refractivity contribution in [3.8, 4) is 0 Å². The van der Waals surface area contributed by atoms with Crippen LogP contribution in [0.2, 0.25) is 0 Å². The second-order valence-electron chi connectivity index (χ2n) is 4.58. The van der Waals surface area contributed by atoms with E-state index in [0.29, 0.717) is 18.2 Å². The molecule has 2 nitrogen and oxygen atoms in total. The maximum Gasteiger partial charge on any atom is 0.227 e. The van der Waals surface area contributed by atoms with Crippen molar-refractivity contribution in [3.63, 3.8) is 0 Å². The molecule has 1 aliphatic heterocycles. The Morgan fingerprint density at radius 3 is 3.18 bits per heavy atom. The molecule has 2 heterocycles. The molecule has 1 aromatic heterocycles. The lowest BCUT2D eigenvalue weighted by molar-refractivity contribution is -0.132. The number of thiophene rings is 1. The average molecular weight is 272 g/mol. The summed E-state index contributed by atoms with van der Waals surface area (Å²) in [5.74, 6) is 1.58. The van der Waals surface area contributed by atoms with Gasteiger partial charge in [0.25, 0.3) is 0 Å². The smallest absolute Gasteiger partial charge is 0.227 e. The van der Waals surface area contributed by atoms with E-state index in [4.69, 9.17) is 11.6 Å². The summed E-state index contributed by atoms with van der Waals surface area (Å²) in [6.07, 6.45) is 3.93. The van der Waals surface area contributed by atoms with Gasteiger partial charge in [0.05, 0.1) is 6.42 Å². The van der Waals surface area contributed by atoms with Crippen molar-refractivity contribution in [1.29, 1.82) is 0 Å². The van der Waals surface area contributed by atoms with Crippen molar-refractivity contribution < 1.29 is 4.79 Å². The molecule has 1 aliphatic rings. The fourth-order valence-electron chi connectivity index (χ4n) is 2.36. The summed E-state index contributed by atoms with van der Waals surface area (Å²) < 4.78 is 0. The van der Waals surface area contributed by atoms with Gasteiger partial charge in [0.1, 0.15) is 0 Å². The lowest BCUT2D eigenvalue weighted by Crippen LogP contribution is -2.40. The van der Waals surface area contributed by atoms with Crippen LogP contribution in [0.5, 0.6) is 0 Å². The summed E-state index contributed by atoms with van der Waals surface area (Å²) in [6.45, 7) is 1.82. The Bertz CT molecular complexity index is 350. The number of carbonyl (C=O) groups is 1. The van der Waals surface area contributed by atoms with E-state index in [-0.39, 0.29) is 5.91 Å². The third kappa shape index (κ3) is 3.71. The predicted octanol–water partition coefficient (Wildman–Crippen LogP) is 3.16. The summed E-state index contributed by atoms with van der Waals surface area (Å²) in [6, 6.07) is 4.03. The number of piperidine rings is 1. The Morgan fingerprint density at radius 2 is 2.47 bits per heavy atom. The number of amides is 1. The minimum atomic E-state index is 0.270. The van der Waals surface area contributed by atoms with E-state index in [1.165, 1.54) is 6.42 Å². The zero-order chi connectivity index (χ0) is 12.1. The quantitative estimate of drug-likeness (QED) is 0.771. The van der Waals surface area contributed by atoms with E-state index in [0.717, 1.165) is 30.8 Å². The first-order chi connectivity index (χ1) is 8.29. The summed E-state index contributed by atoms with van der Waals surface area (Å²) in [7, 11) is 0. The summed E-state index contributed by atoms with van der Waals surface area (Å²) >= 11 is 7.43. The molecule has 0 N–H and O–H groups in total. The molecular weight excluding hydrogens is 254 g/mol. The Labute approximate surface area is 112 Å². The number of likely N-dealkylation sites (tertiary alicyclic amines) is 1. The molecule has 0 bridgehead atoms. The minimum absolute atomic E-state index is 0.270. The average Bonchev–Trinajstić information content (AvgIpc) is 2.83. The lowest BCUT2D eigenvalue weighted by atomic mass is 9.95. The van der Waals surface area contributed by atoms with Crippen molar-refractivity contribution in [1.82, 2.24) is 4.90 Å². The highest BCUT2D eigenvalue weighted by molar-refractivity contribution is 7.10. The van der Waals surface area contributed by atoms with Crippen LogP contribution >= 0.6 is 22.9 Å². The SMILES string of the molecule is O=C(Cc1cccs1)N1CCCC(CCCl)C1. The molecule has 4 heteroatoms. The number of hydrogen-bond donors (Lipinski definition) is 0. The second-order valence-corrected chi connectivity index (χ2v) is 5.99. The summed E-state index contributed by atoms with van der Waals surface area (Å²) in [4.78, 5) is 15.3. The number of hydrogen-bond acceptors (Lipinski definition) is 2. The standard InChI is InChI=1S/C13H18ClNOS/c14-6-5-11-3-1-7-15(10-11)13(16)9-12-4-2-8-17-12/h2,4,8,11H,1,3,5-7,9-10H2. The van der Waals surface area contributed by atoms with Gasteiger partial charge in [0, 0.05) is 23.8 Å². The fraction of sp³-hybridized carbons (Fsp3) is 0.615. The van der Waals surface area contributed by atoms with Crippen molar-refractivity contribution in [2.24, 2.45) is 5.92 Å². The van der Waals surface area contributed by atoms with E-state index in [1.54, 1.807) is 11.3 Å². The molecule has 17 heavy (non-hydrogen) atoms. The van der Waals surface area contributed by atoms with Crippen LogP contribution in [0.1, 0.15) is 24.1 Å². The molecule has 2 rings (SSSR count). The third-order valence-electron chi connectivity index (χ3n) is 3.29. The highest BCUT2D eigenvalue weighted by Gasteiger charge is 2.23. The van der Waals surface area contributed by atoms with Crippen LogP contribution in [0.4, 0.5) is 0 Å². The monoisotopic (exact) mass is 271 g/mol. The van der Waals surface area contributed by atoms with Gasteiger partial charge in [-0.1, -0.05) is 6.07 Å². The van der Waals surface area contributed by atoms with Gasteiger partial charge >= 0.3 is 0 Å². The van der Waals surface area contributed by atoms with Gasteiger partial charge in [0.15, 0.2) is 0 Å². The zero-order valence-corrected chi connectivity index (χ0v) is 11.5. The molecule has 0 aromatic carbocycles. The Hall–Kier alpha value is -0.540. The molecule has 0 spiro atoms.